The summed E-state index contributed by atoms with van der Waals surface area (Å²) >= 11 is 2.19. The maximum Gasteiger partial charge on any atom is 0.176 e. The third kappa shape index (κ3) is 3.67. The Hall–Kier alpha value is -1.57. The van der Waals surface area contributed by atoms with E-state index < -0.39 is 5.92 Å². The highest BCUT2D eigenvalue weighted by Crippen LogP contribution is 2.42. The van der Waals surface area contributed by atoms with Crippen LogP contribution >= 0.6 is 22.6 Å². The van der Waals surface area contributed by atoms with E-state index in [1.54, 1.807) is 0 Å². The monoisotopic (exact) mass is 495 g/mol. The minimum Gasteiger partial charge on any atom is -0.396 e. The van der Waals surface area contributed by atoms with Crippen LogP contribution in [0.2, 0.25) is 0 Å². The van der Waals surface area contributed by atoms with E-state index in [2.05, 4.69) is 27.7 Å². The van der Waals surface area contributed by atoms with Crippen molar-refractivity contribution in [3.8, 4) is 0 Å². The quantitative estimate of drug-likeness (QED) is 0.201. The first-order valence-electron chi connectivity index (χ1n) is 9.85. The molecular formula is C22H26INO4. The number of oxime groups is 1. The number of ketones is 3. The second-order valence-electron chi connectivity index (χ2n) is 7.64. The number of hydrogen-bond donors (Lipinski definition) is 0. The Bertz CT molecular complexity index is 856. The van der Waals surface area contributed by atoms with Crippen molar-refractivity contribution in [2.45, 2.75) is 63.2 Å². The van der Waals surface area contributed by atoms with Gasteiger partial charge in [0.25, 0.3) is 0 Å². The first-order chi connectivity index (χ1) is 13.3. The van der Waals surface area contributed by atoms with Gasteiger partial charge in [0, 0.05) is 18.4 Å². The summed E-state index contributed by atoms with van der Waals surface area (Å²) in [4.78, 5) is 43.6. The molecular weight excluding hydrogens is 469 g/mol. The number of aryl methyl sites for hydroxylation is 2. The van der Waals surface area contributed by atoms with Gasteiger partial charge in [0.2, 0.25) is 0 Å². The van der Waals surface area contributed by atoms with E-state index in [-0.39, 0.29) is 27.2 Å². The Morgan fingerprint density at radius 2 is 1.75 bits per heavy atom. The van der Waals surface area contributed by atoms with Gasteiger partial charge in [-0.1, -0.05) is 40.7 Å². The van der Waals surface area contributed by atoms with E-state index in [1.165, 1.54) is 0 Å². The van der Waals surface area contributed by atoms with Crippen LogP contribution in [0.15, 0.2) is 11.2 Å². The van der Waals surface area contributed by atoms with Gasteiger partial charge in [0.1, 0.15) is 24.1 Å². The standard InChI is InChI=1S/C22H26INO4/c1-5-16(24-28-6-2)21-17(25)8-13(9-18(21)26)19-11(3)7-12(4)20-14(19)10-15(23)22(20)27/h7,13,15,21H,5-6,8-10H2,1-4H3. The fraction of sp³-hybridized carbons (Fsp3) is 0.545. The molecule has 0 amide bonds. The minimum absolute atomic E-state index is 0.0698. The molecule has 0 bridgehead atoms. The lowest BCUT2D eigenvalue weighted by atomic mass is 9.72. The minimum atomic E-state index is -0.787. The molecule has 1 unspecified atom stereocenters. The number of benzene rings is 1. The van der Waals surface area contributed by atoms with Crippen molar-refractivity contribution < 1.29 is 19.2 Å². The number of hydrogen-bond acceptors (Lipinski definition) is 5. The van der Waals surface area contributed by atoms with Crippen LogP contribution in [0.1, 0.15) is 71.6 Å². The maximum atomic E-state index is 12.9. The van der Waals surface area contributed by atoms with Gasteiger partial charge in [-0.15, -0.1) is 0 Å². The largest absolute Gasteiger partial charge is 0.396 e. The molecule has 6 heteroatoms. The third-order valence-electron chi connectivity index (χ3n) is 5.75. The van der Waals surface area contributed by atoms with E-state index in [0.717, 1.165) is 27.8 Å². The lowest BCUT2D eigenvalue weighted by Gasteiger charge is -2.29. The van der Waals surface area contributed by atoms with Gasteiger partial charge >= 0.3 is 0 Å². The number of fused-ring (bicyclic) bond motifs is 1. The number of carbonyl (C=O) groups is 3. The lowest BCUT2D eigenvalue weighted by Crippen LogP contribution is -2.38. The normalized spacial score (nSPS) is 25.2. The molecule has 0 spiro atoms. The van der Waals surface area contributed by atoms with Crippen molar-refractivity contribution >= 4 is 45.7 Å². The molecule has 28 heavy (non-hydrogen) atoms. The predicted molar refractivity (Wildman–Crippen MR) is 117 cm³/mol. The van der Waals surface area contributed by atoms with E-state index >= 15 is 0 Å². The molecule has 5 nitrogen and oxygen atoms in total. The summed E-state index contributed by atoms with van der Waals surface area (Å²) in [7, 11) is 0. The zero-order valence-corrected chi connectivity index (χ0v) is 19.0. The van der Waals surface area contributed by atoms with Crippen molar-refractivity contribution in [2.75, 3.05) is 6.61 Å². The zero-order chi connectivity index (χ0) is 20.6. The Morgan fingerprint density at radius 3 is 2.32 bits per heavy atom. The predicted octanol–water partition coefficient (Wildman–Crippen LogP) is 4.28. The molecule has 0 radical (unpaired) electrons. The summed E-state index contributed by atoms with van der Waals surface area (Å²) in [5, 5.41) is 4.02. The number of carbonyl (C=O) groups excluding carboxylic acids is 3. The highest BCUT2D eigenvalue weighted by molar-refractivity contribution is 14.1. The van der Waals surface area contributed by atoms with Crippen LogP contribution < -0.4 is 0 Å². The average molecular weight is 495 g/mol. The zero-order valence-electron chi connectivity index (χ0n) is 16.8. The Balaban J connectivity index is 1.96. The number of rotatable bonds is 5. The third-order valence-corrected chi connectivity index (χ3v) is 6.75. The molecule has 0 aliphatic heterocycles. The van der Waals surface area contributed by atoms with Gasteiger partial charge in [-0.2, -0.15) is 0 Å². The molecule has 0 N–H and O–H groups in total. The van der Waals surface area contributed by atoms with Gasteiger partial charge in [-0.05, 0) is 61.8 Å². The van der Waals surface area contributed by atoms with E-state index in [0.29, 0.717) is 38.0 Å². The number of alkyl halides is 1. The van der Waals surface area contributed by atoms with Crippen molar-refractivity contribution in [3.05, 3.63) is 33.9 Å². The number of nitrogens with zero attached hydrogens (tertiary/aromatic N) is 1. The Kier molecular flexibility index (Phi) is 6.37. The van der Waals surface area contributed by atoms with Crippen LogP contribution in [-0.4, -0.2) is 33.6 Å². The molecule has 0 aromatic heterocycles. The molecule has 1 aromatic carbocycles. The van der Waals surface area contributed by atoms with Crippen molar-refractivity contribution in [1.29, 1.82) is 0 Å². The van der Waals surface area contributed by atoms with Crippen LogP contribution in [0.4, 0.5) is 0 Å². The number of halogens is 1. The Morgan fingerprint density at radius 1 is 1.11 bits per heavy atom. The van der Waals surface area contributed by atoms with Crippen LogP contribution in [-0.2, 0) is 20.8 Å². The average Bonchev–Trinajstić information content (AvgIpc) is 2.92. The van der Waals surface area contributed by atoms with Gasteiger partial charge in [-0.3, -0.25) is 14.4 Å². The Labute approximate surface area is 179 Å². The van der Waals surface area contributed by atoms with Crippen molar-refractivity contribution in [2.24, 2.45) is 11.1 Å². The molecule has 1 aromatic rings. The fourth-order valence-corrected chi connectivity index (χ4v) is 5.41. The fourth-order valence-electron chi connectivity index (χ4n) is 4.66. The molecule has 2 aliphatic carbocycles. The van der Waals surface area contributed by atoms with E-state index in [4.69, 9.17) is 4.84 Å². The first-order valence-corrected chi connectivity index (χ1v) is 11.1. The van der Waals surface area contributed by atoms with Crippen LogP contribution in [0.25, 0.3) is 0 Å². The first kappa shape index (κ1) is 21.1. The molecule has 0 heterocycles. The maximum absolute atomic E-state index is 12.9. The number of Topliss-reactive ketones (excluding diaryl/α,β-unsaturated/α-hetero) is 3. The summed E-state index contributed by atoms with van der Waals surface area (Å²) in [5.74, 6) is -0.968. The van der Waals surface area contributed by atoms with Crippen LogP contribution in [0, 0.1) is 19.8 Å². The molecule has 1 atom stereocenters. The van der Waals surface area contributed by atoms with Gasteiger partial charge in [0.05, 0.1) is 9.64 Å². The smallest absolute Gasteiger partial charge is 0.176 e. The molecule has 0 saturated heterocycles. The summed E-state index contributed by atoms with van der Waals surface area (Å²) in [6, 6.07) is 2.02. The highest BCUT2D eigenvalue weighted by atomic mass is 127. The summed E-state index contributed by atoms with van der Waals surface area (Å²) in [6.45, 7) is 8.09. The highest BCUT2D eigenvalue weighted by Gasteiger charge is 2.42. The van der Waals surface area contributed by atoms with Crippen molar-refractivity contribution in [3.63, 3.8) is 0 Å². The molecule has 3 rings (SSSR count). The summed E-state index contributed by atoms with van der Waals surface area (Å²) in [6.07, 6.45) is 1.80. The second-order valence-corrected chi connectivity index (χ2v) is 9.14. The van der Waals surface area contributed by atoms with Gasteiger partial charge < -0.3 is 4.84 Å². The van der Waals surface area contributed by atoms with Crippen LogP contribution in [0.5, 0.6) is 0 Å². The lowest BCUT2D eigenvalue weighted by molar-refractivity contribution is -0.133. The van der Waals surface area contributed by atoms with Gasteiger partial charge in [-0.25, -0.2) is 0 Å². The van der Waals surface area contributed by atoms with Crippen LogP contribution in [0.3, 0.4) is 0 Å². The summed E-state index contributed by atoms with van der Waals surface area (Å²) in [5.41, 5.74) is 5.46. The van der Waals surface area contributed by atoms with E-state index in [9.17, 15) is 14.4 Å². The molecule has 1 fully saturated rings. The SMILES string of the molecule is CCON=C(CC)C1C(=O)CC(c2c(C)cc(C)c3c2CC(I)C3=O)CC1=O. The van der Waals surface area contributed by atoms with E-state index in [1.807, 2.05) is 33.8 Å². The topological polar surface area (TPSA) is 72.8 Å². The van der Waals surface area contributed by atoms with Crippen molar-refractivity contribution in [1.82, 2.24) is 0 Å². The molecule has 1 saturated carbocycles. The summed E-state index contributed by atoms with van der Waals surface area (Å²) < 4.78 is -0.0698. The second kappa shape index (κ2) is 8.43. The molecule has 150 valence electrons. The van der Waals surface area contributed by atoms with Gasteiger partial charge in [0.15, 0.2) is 5.78 Å². The molecule has 2 aliphatic rings.